The van der Waals surface area contributed by atoms with E-state index in [1.54, 1.807) is 24.3 Å². The Labute approximate surface area is 180 Å². The third-order valence-corrected chi connectivity index (χ3v) is 7.30. The predicted molar refractivity (Wildman–Crippen MR) is 116 cm³/mol. The molecule has 1 fully saturated rings. The van der Waals surface area contributed by atoms with Crippen LogP contribution in [-0.2, 0) is 15.9 Å². The van der Waals surface area contributed by atoms with Gasteiger partial charge in [0.2, 0.25) is 5.95 Å². The molecule has 0 spiro atoms. The lowest BCUT2D eigenvalue weighted by atomic mass is 10.1. The molecule has 1 heterocycles. The molecule has 0 bridgehead atoms. The number of halogens is 3. The van der Waals surface area contributed by atoms with Gasteiger partial charge in [-0.2, -0.15) is 18.2 Å². The second-order valence-corrected chi connectivity index (χ2v) is 10.2. The molecule has 7 nitrogen and oxygen atoms in total. The van der Waals surface area contributed by atoms with E-state index in [4.69, 9.17) is 0 Å². The normalized spacial score (nSPS) is 21.0. The van der Waals surface area contributed by atoms with Crippen LogP contribution in [0.2, 0.25) is 0 Å². The molecule has 0 saturated heterocycles. The molecule has 11 heteroatoms. The van der Waals surface area contributed by atoms with E-state index in [1.807, 2.05) is 19.0 Å². The number of nitrogens with one attached hydrogen (secondary N) is 2. The summed E-state index contributed by atoms with van der Waals surface area (Å²) in [6.45, 7) is 0. The lowest BCUT2D eigenvalue weighted by Gasteiger charge is -2.28. The second-order valence-electron chi connectivity index (χ2n) is 7.80. The fourth-order valence-electron chi connectivity index (χ4n) is 3.69. The molecule has 31 heavy (non-hydrogen) atoms. The Morgan fingerprint density at radius 2 is 1.87 bits per heavy atom. The molecule has 0 amide bonds. The first-order chi connectivity index (χ1) is 14.5. The number of anilines is 3. The zero-order chi connectivity index (χ0) is 22.8. The molecule has 1 aliphatic carbocycles. The highest BCUT2D eigenvalue weighted by molar-refractivity contribution is 7.93. The maximum atomic E-state index is 13.5. The van der Waals surface area contributed by atoms with Crippen LogP contribution in [0.5, 0.6) is 0 Å². The van der Waals surface area contributed by atoms with Gasteiger partial charge in [0.1, 0.15) is 11.4 Å². The summed E-state index contributed by atoms with van der Waals surface area (Å²) >= 11 is 0. The molecular formula is C20H27F3N6OS. The van der Waals surface area contributed by atoms with Crippen molar-refractivity contribution >= 4 is 27.2 Å². The lowest BCUT2D eigenvalue weighted by Crippen LogP contribution is -2.39. The third-order valence-electron chi connectivity index (χ3n) is 5.46. The van der Waals surface area contributed by atoms with Gasteiger partial charge in [-0.25, -0.2) is 13.6 Å². The van der Waals surface area contributed by atoms with Crippen LogP contribution in [0.4, 0.5) is 30.6 Å². The Morgan fingerprint density at radius 3 is 2.45 bits per heavy atom. The van der Waals surface area contributed by atoms with Crippen LogP contribution in [0.15, 0.2) is 39.7 Å². The molecule has 1 aromatic carbocycles. The van der Waals surface area contributed by atoms with E-state index >= 15 is 0 Å². The van der Waals surface area contributed by atoms with E-state index in [0.29, 0.717) is 10.6 Å². The molecule has 1 saturated carbocycles. The number of nitrogens with zero attached hydrogens (tertiary/aromatic N) is 4. The number of alkyl halides is 3. The molecule has 1 aliphatic rings. The molecule has 1 aromatic heterocycles. The van der Waals surface area contributed by atoms with Crippen LogP contribution < -0.4 is 10.6 Å². The largest absolute Gasteiger partial charge is 0.421 e. The molecular weight excluding hydrogens is 429 g/mol. The van der Waals surface area contributed by atoms with Crippen molar-refractivity contribution in [3.05, 3.63) is 36.0 Å². The molecule has 0 radical (unpaired) electrons. The monoisotopic (exact) mass is 456 g/mol. The van der Waals surface area contributed by atoms with Gasteiger partial charge in [-0.05, 0) is 57.6 Å². The van der Waals surface area contributed by atoms with Crippen molar-refractivity contribution in [2.75, 3.05) is 38.0 Å². The van der Waals surface area contributed by atoms with Crippen molar-refractivity contribution in [2.45, 2.75) is 42.4 Å². The summed E-state index contributed by atoms with van der Waals surface area (Å²) < 4.78 is 56.8. The quantitative estimate of drug-likeness (QED) is 0.677. The first kappa shape index (κ1) is 23.3. The Balaban J connectivity index is 1.87. The van der Waals surface area contributed by atoms with E-state index in [0.717, 1.165) is 25.5 Å². The van der Waals surface area contributed by atoms with E-state index in [1.165, 1.54) is 13.3 Å². The number of hydrogen-bond donors (Lipinski definition) is 2. The fourth-order valence-corrected chi connectivity index (χ4v) is 4.54. The average Bonchev–Trinajstić information content (AvgIpc) is 3.16. The number of likely N-dealkylation sites (N-methyl/N-ethyl adjacent to an activating group) is 1. The van der Waals surface area contributed by atoms with E-state index in [9.17, 15) is 17.4 Å². The Bertz CT molecular complexity index is 1030. The topological polar surface area (TPSA) is 82.5 Å². The van der Waals surface area contributed by atoms with Crippen molar-refractivity contribution in [3.63, 3.8) is 0 Å². The van der Waals surface area contributed by atoms with Gasteiger partial charge in [-0.15, -0.1) is 0 Å². The summed E-state index contributed by atoms with van der Waals surface area (Å²) in [4.78, 5) is 10.6. The van der Waals surface area contributed by atoms with Crippen LogP contribution in [0, 0.1) is 0 Å². The van der Waals surface area contributed by atoms with Gasteiger partial charge in [0, 0.05) is 42.2 Å². The van der Waals surface area contributed by atoms with Gasteiger partial charge in [-0.3, -0.25) is 0 Å². The highest BCUT2D eigenvalue weighted by Gasteiger charge is 2.37. The van der Waals surface area contributed by atoms with Crippen molar-refractivity contribution in [3.8, 4) is 0 Å². The van der Waals surface area contributed by atoms with E-state index < -0.39 is 21.5 Å². The molecule has 3 rings (SSSR count). The second kappa shape index (κ2) is 8.99. The summed E-state index contributed by atoms with van der Waals surface area (Å²) in [6, 6.07) is 6.64. The number of rotatable bonds is 6. The summed E-state index contributed by atoms with van der Waals surface area (Å²) in [7, 11) is 2.87. The zero-order valence-corrected chi connectivity index (χ0v) is 18.7. The van der Waals surface area contributed by atoms with Gasteiger partial charge in [0.15, 0.2) is 0 Å². The van der Waals surface area contributed by atoms with E-state index in [-0.39, 0.29) is 23.8 Å². The van der Waals surface area contributed by atoms with Crippen molar-refractivity contribution in [1.29, 1.82) is 0 Å². The average molecular weight is 457 g/mol. The highest BCUT2D eigenvalue weighted by atomic mass is 32.2. The highest BCUT2D eigenvalue weighted by Crippen LogP contribution is 2.36. The van der Waals surface area contributed by atoms with Crippen LogP contribution in [-0.4, -0.2) is 58.6 Å². The molecule has 0 aliphatic heterocycles. The Hall–Kier alpha value is -2.40. The van der Waals surface area contributed by atoms with Gasteiger partial charge in [0.05, 0.1) is 9.73 Å². The van der Waals surface area contributed by atoms with Crippen LogP contribution in [0.1, 0.15) is 24.8 Å². The molecule has 2 N–H and O–H groups in total. The SMILES string of the molecule is CN=[S@@](C)(=O)c1ccc(Nc2ncc(C(F)(F)F)c(N[C@H]3CCC[C@H]3N(C)C)n2)cc1. The van der Waals surface area contributed by atoms with Gasteiger partial charge in [-0.1, -0.05) is 0 Å². The Morgan fingerprint density at radius 1 is 1.19 bits per heavy atom. The van der Waals surface area contributed by atoms with Crippen LogP contribution in [0.3, 0.4) is 0 Å². The van der Waals surface area contributed by atoms with Gasteiger partial charge in [0.25, 0.3) is 0 Å². The summed E-state index contributed by atoms with van der Waals surface area (Å²) in [5.74, 6) is -0.193. The number of benzene rings is 1. The minimum Gasteiger partial charge on any atom is -0.365 e. The van der Waals surface area contributed by atoms with Crippen molar-refractivity contribution in [1.82, 2.24) is 14.9 Å². The summed E-state index contributed by atoms with van der Waals surface area (Å²) in [5, 5.41) is 5.92. The third kappa shape index (κ3) is 5.45. The van der Waals surface area contributed by atoms with Crippen molar-refractivity contribution < 1.29 is 17.4 Å². The standard InChI is InChI=1S/C20H27F3N6OS/c1-24-31(4,30)14-10-8-13(9-11-14)26-19-25-12-15(20(21,22)23)18(28-19)27-16-6-5-7-17(16)29(2)3/h8-12,16-17H,5-7H2,1-4H3,(H2,25,26,27,28)/t16-,17+,31-/m0/s1. The molecule has 170 valence electrons. The minimum atomic E-state index is -4.57. The molecule has 0 unspecified atom stereocenters. The minimum absolute atomic E-state index is 0.0417. The molecule has 3 atom stereocenters. The maximum absolute atomic E-state index is 13.5. The van der Waals surface area contributed by atoms with Gasteiger partial charge >= 0.3 is 6.18 Å². The maximum Gasteiger partial charge on any atom is 0.421 e. The fraction of sp³-hybridized carbons (Fsp3) is 0.500. The zero-order valence-electron chi connectivity index (χ0n) is 17.9. The predicted octanol–water partition coefficient (Wildman–Crippen LogP) is 4.22. The van der Waals surface area contributed by atoms with Crippen LogP contribution >= 0.6 is 0 Å². The smallest absolute Gasteiger partial charge is 0.365 e. The summed E-state index contributed by atoms with van der Waals surface area (Å²) in [5.41, 5.74) is -0.333. The summed E-state index contributed by atoms with van der Waals surface area (Å²) in [6.07, 6.45) is 0.387. The van der Waals surface area contributed by atoms with E-state index in [2.05, 4.69) is 25.0 Å². The van der Waals surface area contributed by atoms with Crippen LogP contribution in [0.25, 0.3) is 0 Å². The lowest BCUT2D eigenvalue weighted by molar-refractivity contribution is -0.137. The number of aromatic nitrogens is 2. The van der Waals surface area contributed by atoms with Gasteiger partial charge < -0.3 is 15.5 Å². The molecule has 2 aromatic rings. The van der Waals surface area contributed by atoms with Crippen molar-refractivity contribution in [2.24, 2.45) is 4.36 Å². The first-order valence-corrected chi connectivity index (χ1v) is 11.8. The number of hydrogen-bond acceptors (Lipinski definition) is 7. The Kier molecular flexibility index (Phi) is 6.75. The first-order valence-electron chi connectivity index (χ1n) is 9.86.